The van der Waals surface area contributed by atoms with Crippen molar-refractivity contribution in [2.45, 2.75) is 26.2 Å². The van der Waals surface area contributed by atoms with Gasteiger partial charge in [-0.2, -0.15) is 0 Å². The third-order valence-corrected chi connectivity index (χ3v) is 3.03. The standard InChI is InChI=1S/C12H15NO2S.CH4O3S/c1-10(14)16-8-3-2-6-12(15)11-5-4-7-13-9-11;1-5(2,3)4/h4-5,7,9H,2-3,6,8H2,1H3;1H3,(H,2,3,4). The number of nitrogens with one attached hydrogen (secondary N) is 1. The Hall–Kier alpha value is -1.25. The van der Waals surface area contributed by atoms with Crippen LogP contribution in [-0.4, -0.2) is 35.9 Å². The Labute approximate surface area is 129 Å². The summed E-state index contributed by atoms with van der Waals surface area (Å²) in [7, 11) is -3.92. The molecule has 1 aromatic rings. The van der Waals surface area contributed by atoms with E-state index in [1.807, 2.05) is 12.1 Å². The summed E-state index contributed by atoms with van der Waals surface area (Å²) in [6, 6.07) is 3.63. The Kier molecular flexibility index (Phi) is 9.85. The fourth-order valence-electron chi connectivity index (χ4n) is 1.31. The highest BCUT2D eigenvalue weighted by atomic mass is 32.2. The largest absolute Gasteiger partial charge is 0.748 e. The lowest BCUT2D eigenvalue weighted by molar-refractivity contribution is -0.378. The minimum absolute atomic E-state index is 0.143. The van der Waals surface area contributed by atoms with Gasteiger partial charge in [0.25, 0.3) is 0 Å². The fourth-order valence-corrected chi connectivity index (χ4v) is 1.95. The highest BCUT2D eigenvalue weighted by Crippen LogP contribution is 2.09. The molecule has 0 aliphatic carbocycles. The van der Waals surface area contributed by atoms with Gasteiger partial charge >= 0.3 is 0 Å². The quantitative estimate of drug-likeness (QED) is 0.441. The highest BCUT2D eigenvalue weighted by molar-refractivity contribution is 8.13. The van der Waals surface area contributed by atoms with Crippen molar-refractivity contribution in [3.63, 3.8) is 0 Å². The Balaban J connectivity index is 0.000000690. The summed E-state index contributed by atoms with van der Waals surface area (Å²) < 4.78 is 27.2. The molecule has 0 bridgehead atoms. The highest BCUT2D eigenvalue weighted by Gasteiger charge is 2.07. The molecular weight excluding hydrogens is 314 g/mol. The molecule has 0 aliphatic rings. The molecule has 0 aliphatic heterocycles. The van der Waals surface area contributed by atoms with Crippen molar-refractivity contribution in [3.05, 3.63) is 30.1 Å². The Bertz CT molecular complexity index is 535. The number of carbonyl (C=O) groups excluding carboxylic acids is 2. The summed E-state index contributed by atoms with van der Waals surface area (Å²) in [5, 5.41) is 0.143. The lowest BCUT2D eigenvalue weighted by Gasteiger charge is -1.98. The van der Waals surface area contributed by atoms with Crippen LogP contribution >= 0.6 is 11.8 Å². The molecule has 0 saturated carbocycles. The van der Waals surface area contributed by atoms with Crippen molar-refractivity contribution in [2.75, 3.05) is 12.0 Å². The summed E-state index contributed by atoms with van der Waals surface area (Å²) in [6.45, 7) is 1.57. The van der Waals surface area contributed by atoms with Gasteiger partial charge in [-0.25, -0.2) is 13.4 Å². The van der Waals surface area contributed by atoms with E-state index < -0.39 is 10.1 Å². The summed E-state index contributed by atoms with van der Waals surface area (Å²) in [4.78, 5) is 25.2. The normalized spacial score (nSPS) is 10.4. The smallest absolute Gasteiger partial charge is 0.185 e. The minimum atomic E-state index is -3.92. The summed E-state index contributed by atoms with van der Waals surface area (Å²) in [5.41, 5.74) is 0.724. The van der Waals surface area contributed by atoms with Crippen LogP contribution < -0.4 is 4.98 Å². The van der Waals surface area contributed by atoms with Crippen LogP contribution in [0, 0.1) is 0 Å². The molecule has 8 heteroatoms. The number of aromatic amines is 1. The van der Waals surface area contributed by atoms with E-state index in [1.54, 1.807) is 19.3 Å². The second-order valence-corrected chi connectivity index (χ2v) is 6.90. The van der Waals surface area contributed by atoms with E-state index in [4.69, 9.17) is 13.0 Å². The topological polar surface area (TPSA) is 105 Å². The van der Waals surface area contributed by atoms with E-state index in [2.05, 4.69) is 4.98 Å². The number of rotatable bonds is 6. The van der Waals surface area contributed by atoms with Crippen LogP contribution in [0.25, 0.3) is 0 Å². The number of aromatic nitrogens is 1. The van der Waals surface area contributed by atoms with Crippen LogP contribution in [0.1, 0.15) is 36.5 Å². The van der Waals surface area contributed by atoms with Crippen LogP contribution in [0.4, 0.5) is 0 Å². The van der Waals surface area contributed by atoms with Crippen molar-refractivity contribution in [3.8, 4) is 0 Å². The van der Waals surface area contributed by atoms with E-state index in [0.717, 1.165) is 24.2 Å². The number of ketones is 1. The molecule has 0 amide bonds. The van der Waals surface area contributed by atoms with Gasteiger partial charge in [0.1, 0.15) is 0 Å². The Morgan fingerprint density at radius 2 is 1.95 bits per heavy atom. The molecule has 0 fully saturated rings. The van der Waals surface area contributed by atoms with Crippen LogP contribution in [0.15, 0.2) is 24.5 Å². The predicted molar refractivity (Wildman–Crippen MR) is 79.9 cm³/mol. The first-order valence-corrected chi connectivity index (χ1v) is 9.04. The van der Waals surface area contributed by atoms with Gasteiger partial charge < -0.3 is 4.55 Å². The zero-order valence-corrected chi connectivity index (χ0v) is 13.6. The third-order valence-electron chi connectivity index (χ3n) is 2.13. The first-order valence-electron chi connectivity index (χ1n) is 6.23. The van der Waals surface area contributed by atoms with E-state index in [9.17, 15) is 9.59 Å². The van der Waals surface area contributed by atoms with Crippen molar-refractivity contribution < 1.29 is 27.5 Å². The van der Waals surface area contributed by atoms with Crippen LogP contribution in [-0.2, 0) is 14.9 Å². The maximum Gasteiger partial charge on any atom is 0.185 e. The Morgan fingerprint density at radius 1 is 1.33 bits per heavy atom. The molecule has 1 heterocycles. The van der Waals surface area contributed by atoms with Crippen molar-refractivity contribution in [1.29, 1.82) is 0 Å². The summed E-state index contributed by atoms with van der Waals surface area (Å²) in [6.07, 6.45) is 6.40. The number of H-pyrrole nitrogens is 1. The van der Waals surface area contributed by atoms with Crippen molar-refractivity contribution in [2.24, 2.45) is 0 Å². The number of Topliss-reactive ketones (excluding diaryl/α,β-unsaturated/α-hetero) is 1. The third kappa shape index (κ3) is 15.0. The zero-order valence-electron chi connectivity index (χ0n) is 12.0. The SMILES string of the molecule is CC(=O)SCCCCC(=O)c1ccc[nH+]c1.CS(=O)(=O)[O-]. The summed E-state index contributed by atoms with van der Waals surface area (Å²) in [5.74, 6) is 0.966. The van der Waals surface area contributed by atoms with Crippen molar-refractivity contribution in [1.82, 2.24) is 0 Å². The van der Waals surface area contributed by atoms with E-state index in [-0.39, 0.29) is 10.9 Å². The average molecular weight is 333 g/mol. The fraction of sp³-hybridized carbons (Fsp3) is 0.462. The van der Waals surface area contributed by atoms with Crippen LogP contribution in [0.2, 0.25) is 0 Å². The van der Waals surface area contributed by atoms with E-state index >= 15 is 0 Å². The van der Waals surface area contributed by atoms with Crippen LogP contribution in [0.5, 0.6) is 0 Å². The van der Waals surface area contributed by atoms with Crippen molar-refractivity contribution >= 4 is 32.8 Å². The maximum absolute atomic E-state index is 11.6. The Morgan fingerprint density at radius 3 is 2.43 bits per heavy atom. The molecule has 1 rings (SSSR count). The minimum Gasteiger partial charge on any atom is -0.748 e. The molecule has 0 radical (unpaired) electrons. The molecule has 0 spiro atoms. The first-order chi connectivity index (χ1) is 9.70. The van der Waals surface area contributed by atoms with Crippen LogP contribution in [0.3, 0.4) is 0 Å². The van der Waals surface area contributed by atoms with E-state index in [0.29, 0.717) is 12.7 Å². The molecule has 0 saturated heterocycles. The lowest BCUT2D eigenvalue weighted by atomic mass is 10.1. The molecule has 1 N–H and O–H groups in total. The molecule has 0 unspecified atom stereocenters. The maximum atomic E-state index is 11.6. The lowest BCUT2D eigenvalue weighted by Crippen LogP contribution is -2.06. The monoisotopic (exact) mass is 333 g/mol. The van der Waals surface area contributed by atoms with Gasteiger partial charge in [0.15, 0.2) is 23.3 Å². The van der Waals surface area contributed by atoms with Gasteiger partial charge in [0.2, 0.25) is 0 Å². The predicted octanol–water partition coefficient (Wildman–Crippen LogP) is 1.29. The molecule has 1 aromatic heterocycles. The van der Waals surface area contributed by atoms with Gasteiger partial charge in [-0.05, 0) is 18.9 Å². The second-order valence-electron chi connectivity index (χ2n) is 4.22. The number of thioether (sulfide) groups is 1. The van der Waals surface area contributed by atoms with Gasteiger partial charge in [-0.1, -0.05) is 11.8 Å². The van der Waals surface area contributed by atoms with Gasteiger partial charge in [-0.15, -0.1) is 0 Å². The average Bonchev–Trinajstić information content (AvgIpc) is 2.37. The number of hydrogen-bond donors (Lipinski definition) is 0. The van der Waals surface area contributed by atoms with Gasteiger partial charge in [0.05, 0.1) is 15.7 Å². The first kappa shape index (κ1) is 19.8. The number of unbranched alkanes of at least 4 members (excludes halogenated alkanes) is 1. The number of hydrogen-bond acceptors (Lipinski definition) is 6. The second kappa shape index (κ2) is 10.5. The molecule has 118 valence electrons. The van der Waals surface area contributed by atoms with E-state index in [1.165, 1.54) is 11.8 Å². The number of carbonyl (C=O) groups is 2. The molecule has 0 atom stereocenters. The molecule has 6 nitrogen and oxygen atoms in total. The molecular formula is C13H19NO5S2. The van der Waals surface area contributed by atoms with Gasteiger partial charge in [-0.3, -0.25) is 9.59 Å². The summed E-state index contributed by atoms with van der Waals surface area (Å²) >= 11 is 1.32. The van der Waals surface area contributed by atoms with Gasteiger partial charge in [0, 0.05) is 31.4 Å². The molecule has 21 heavy (non-hydrogen) atoms. The number of pyridine rings is 1. The molecule has 0 aromatic carbocycles. The zero-order chi connectivity index (χ0) is 16.3.